The largest absolute Gasteiger partial charge is 0.454 e. The summed E-state index contributed by atoms with van der Waals surface area (Å²) in [6.45, 7) is 1.95. The maximum Gasteiger partial charge on any atom is 0.165 e. The topological polar surface area (TPSA) is 53.1 Å². The van der Waals surface area contributed by atoms with Gasteiger partial charge in [0.25, 0.3) is 0 Å². The van der Waals surface area contributed by atoms with Gasteiger partial charge in [-0.1, -0.05) is 11.6 Å². The summed E-state index contributed by atoms with van der Waals surface area (Å²) in [7, 11) is 1.84. The Morgan fingerprint density at radius 2 is 2.28 bits per heavy atom. The molecule has 1 atom stereocenters. The number of rotatable bonds is 4. The maximum absolute atomic E-state index is 5.99. The van der Waals surface area contributed by atoms with Crippen LogP contribution in [0.5, 0.6) is 11.5 Å². The van der Waals surface area contributed by atoms with Crippen LogP contribution < -0.4 is 10.5 Å². The van der Waals surface area contributed by atoms with E-state index < -0.39 is 0 Å². The van der Waals surface area contributed by atoms with Gasteiger partial charge < -0.3 is 10.5 Å². The smallest absolute Gasteiger partial charge is 0.165 e. The molecule has 0 saturated heterocycles. The Kier molecular flexibility index (Phi) is 3.89. The van der Waals surface area contributed by atoms with Gasteiger partial charge in [-0.05, 0) is 37.1 Å². The summed E-state index contributed by atoms with van der Waals surface area (Å²) in [5, 5.41) is 4.75. The number of nitrogens with zero attached hydrogens (tertiary/aromatic N) is 2. The van der Waals surface area contributed by atoms with Crippen LogP contribution in [-0.4, -0.2) is 15.8 Å². The second-order valence-electron chi connectivity index (χ2n) is 4.39. The molecule has 5 heteroatoms. The Balaban J connectivity index is 2.26. The quantitative estimate of drug-likeness (QED) is 0.925. The van der Waals surface area contributed by atoms with Gasteiger partial charge in [-0.25, -0.2) is 0 Å². The monoisotopic (exact) mass is 265 g/mol. The molecule has 96 valence electrons. The molecule has 0 aliphatic rings. The molecule has 1 aromatic carbocycles. The molecule has 2 aromatic rings. The summed E-state index contributed by atoms with van der Waals surface area (Å²) < 4.78 is 7.48. The Morgan fingerprint density at radius 3 is 2.89 bits per heavy atom. The predicted molar refractivity (Wildman–Crippen MR) is 72.1 cm³/mol. The number of hydrogen-bond donors (Lipinski definition) is 1. The molecule has 18 heavy (non-hydrogen) atoms. The minimum atomic E-state index is 0.0553. The summed E-state index contributed by atoms with van der Waals surface area (Å²) in [6, 6.07) is 5.60. The molecule has 0 radical (unpaired) electrons. The number of benzene rings is 1. The number of hydrogen-bond acceptors (Lipinski definition) is 3. The summed E-state index contributed by atoms with van der Waals surface area (Å²) in [6.07, 6.45) is 4.20. The zero-order valence-electron chi connectivity index (χ0n) is 10.4. The Labute approximate surface area is 111 Å². The van der Waals surface area contributed by atoms with Crippen molar-refractivity contribution in [3.05, 3.63) is 41.2 Å². The van der Waals surface area contributed by atoms with Crippen LogP contribution >= 0.6 is 11.6 Å². The third kappa shape index (κ3) is 3.24. The fourth-order valence-corrected chi connectivity index (χ4v) is 1.93. The van der Waals surface area contributed by atoms with Crippen LogP contribution in [0.15, 0.2) is 30.6 Å². The molecular formula is C13H16ClN3O. The zero-order valence-corrected chi connectivity index (χ0v) is 11.2. The van der Waals surface area contributed by atoms with Gasteiger partial charge in [0, 0.05) is 18.1 Å². The van der Waals surface area contributed by atoms with Crippen LogP contribution in [0.1, 0.15) is 12.5 Å². The summed E-state index contributed by atoms with van der Waals surface area (Å²) in [5.41, 5.74) is 6.83. The lowest BCUT2D eigenvalue weighted by Gasteiger charge is -2.12. The molecule has 0 amide bonds. The Bertz CT molecular complexity index is 537. The van der Waals surface area contributed by atoms with E-state index in [0.717, 1.165) is 17.7 Å². The van der Waals surface area contributed by atoms with Crippen LogP contribution in [0.4, 0.5) is 0 Å². The molecule has 1 aromatic heterocycles. The molecule has 4 nitrogen and oxygen atoms in total. The van der Waals surface area contributed by atoms with E-state index in [-0.39, 0.29) is 6.04 Å². The summed E-state index contributed by atoms with van der Waals surface area (Å²) in [5.74, 6) is 1.47. The SMILES string of the molecule is CC(N)Cc1cc(Cl)ccc1Oc1cnn(C)c1. The second kappa shape index (κ2) is 5.42. The highest BCUT2D eigenvalue weighted by molar-refractivity contribution is 6.30. The van der Waals surface area contributed by atoms with Crippen molar-refractivity contribution in [2.24, 2.45) is 12.8 Å². The minimum absolute atomic E-state index is 0.0553. The molecule has 1 unspecified atom stereocenters. The summed E-state index contributed by atoms with van der Waals surface area (Å²) >= 11 is 5.99. The van der Waals surface area contributed by atoms with Gasteiger partial charge in [0.15, 0.2) is 5.75 Å². The molecule has 0 saturated carbocycles. The summed E-state index contributed by atoms with van der Waals surface area (Å²) in [4.78, 5) is 0. The highest BCUT2D eigenvalue weighted by atomic mass is 35.5. The molecule has 0 spiro atoms. The first-order valence-electron chi connectivity index (χ1n) is 5.75. The Morgan fingerprint density at radius 1 is 1.50 bits per heavy atom. The van der Waals surface area contributed by atoms with Crippen molar-refractivity contribution in [2.45, 2.75) is 19.4 Å². The predicted octanol–water partition coefficient (Wildman–Crippen LogP) is 2.76. The molecule has 1 heterocycles. The van der Waals surface area contributed by atoms with Crippen molar-refractivity contribution in [2.75, 3.05) is 0 Å². The van der Waals surface area contributed by atoms with Crippen LogP contribution in [-0.2, 0) is 13.5 Å². The van der Waals surface area contributed by atoms with E-state index in [4.69, 9.17) is 22.1 Å². The molecule has 2 rings (SSSR count). The van der Waals surface area contributed by atoms with E-state index in [1.54, 1.807) is 16.9 Å². The van der Waals surface area contributed by atoms with Gasteiger partial charge >= 0.3 is 0 Å². The van der Waals surface area contributed by atoms with E-state index >= 15 is 0 Å². The standard InChI is InChI=1S/C13H16ClN3O/c1-9(15)5-10-6-11(14)3-4-13(10)18-12-7-16-17(2)8-12/h3-4,6-9H,5,15H2,1-2H3. The third-order valence-corrected chi connectivity index (χ3v) is 2.71. The van der Waals surface area contributed by atoms with Gasteiger partial charge in [-0.2, -0.15) is 5.10 Å². The molecule has 0 aliphatic carbocycles. The maximum atomic E-state index is 5.99. The number of aryl methyl sites for hydroxylation is 1. The van der Waals surface area contributed by atoms with Crippen LogP contribution in [0, 0.1) is 0 Å². The van der Waals surface area contributed by atoms with Crippen molar-refractivity contribution in [1.29, 1.82) is 0 Å². The molecule has 0 aliphatic heterocycles. The van der Waals surface area contributed by atoms with Crippen LogP contribution in [0.25, 0.3) is 0 Å². The average Bonchev–Trinajstić information content (AvgIpc) is 2.67. The first-order valence-corrected chi connectivity index (χ1v) is 6.13. The number of nitrogens with two attached hydrogens (primary N) is 1. The lowest BCUT2D eigenvalue weighted by molar-refractivity contribution is 0.473. The van der Waals surface area contributed by atoms with E-state index in [1.807, 2.05) is 32.3 Å². The van der Waals surface area contributed by atoms with E-state index in [2.05, 4.69) is 5.10 Å². The third-order valence-electron chi connectivity index (χ3n) is 2.47. The highest BCUT2D eigenvalue weighted by Gasteiger charge is 2.09. The number of ether oxygens (including phenoxy) is 1. The lowest BCUT2D eigenvalue weighted by atomic mass is 10.1. The van der Waals surface area contributed by atoms with E-state index in [9.17, 15) is 0 Å². The molecular weight excluding hydrogens is 250 g/mol. The van der Waals surface area contributed by atoms with Gasteiger partial charge in [0.2, 0.25) is 0 Å². The van der Waals surface area contributed by atoms with Crippen molar-refractivity contribution < 1.29 is 4.74 Å². The fraction of sp³-hybridized carbons (Fsp3) is 0.308. The van der Waals surface area contributed by atoms with Crippen molar-refractivity contribution in [3.63, 3.8) is 0 Å². The number of aromatic nitrogens is 2. The van der Waals surface area contributed by atoms with Gasteiger partial charge in [-0.3, -0.25) is 4.68 Å². The van der Waals surface area contributed by atoms with Crippen molar-refractivity contribution in [1.82, 2.24) is 9.78 Å². The van der Waals surface area contributed by atoms with Crippen molar-refractivity contribution >= 4 is 11.6 Å². The van der Waals surface area contributed by atoms with E-state index in [1.165, 1.54) is 0 Å². The van der Waals surface area contributed by atoms with Gasteiger partial charge in [0.1, 0.15) is 5.75 Å². The molecule has 0 bridgehead atoms. The normalized spacial score (nSPS) is 12.4. The first kappa shape index (κ1) is 12.9. The van der Waals surface area contributed by atoms with E-state index in [0.29, 0.717) is 10.8 Å². The Hall–Kier alpha value is -1.52. The van der Waals surface area contributed by atoms with Crippen LogP contribution in [0.2, 0.25) is 5.02 Å². The average molecular weight is 266 g/mol. The van der Waals surface area contributed by atoms with Gasteiger partial charge in [0.05, 0.1) is 12.4 Å². The fourth-order valence-electron chi connectivity index (χ4n) is 1.73. The van der Waals surface area contributed by atoms with Crippen LogP contribution in [0.3, 0.4) is 0 Å². The first-order chi connectivity index (χ1) is 8.54. The lowest BCUT2D eigenvalue weighted by Crippen LogP contribution is -2.18. The highest BCUT2D eigenvalue weighted by Crippen LogP contribution is 2.28. The zero-order chi connectivity index (χ0) is 13.1. The van der Waals surface area contributed by atoms with Gasteiger partial charge in [-0.15, -0.1) is 0 Å². The molecule has 0 fully saturated rings. The minimum Gasteiger partial charge on any atom is -0.454 e. The van der Waals surface area contributed by atoms with Crippen molar-refractivity contribution in [3.8, 4) is 11.5 Å². The number of halogens is 1. The second-order valence-corrected chi connectivity index (χ2v) is 4.82. The molecule has 2 N–H and O–H groups in total.